The molecule has 35 heavy (non-hydrogen) atoms. The van der Waals surface area contributed by atoms with Gasteiger partial charge in [-0.1, -0.05) is 18.1 Å². The van der Waals surface area contributed by atoms with Gasteiger partial charge in [-0.05, 0) is 48.7 Å². The molecule has 0 unspecified atom stereocenters. The lowest BCUT2D eigenvalue weighted by Crippen LogP contribution is -2.29. The summed E-state index contributed by atoms with van der Waals surface area (Å²) < 4.78 is 20.6. The zero-order valence-corrected chi connectivity index (χ0v) is 20.5. The van der Waals surface area contributed by atoms with Crippen molar-refractivity contribution in [2.45, 2.75) is 19.8 Å². The number of carbonyl (C=O) groups is 2. The molecule has 8 heteroatoms. The fourth-order valence-electron chi connectivity index (χ4n) is 3.09. The van der Waals surface area contributed by atoms with Crippen molar-refractivity contribution < 1.29 is 28.5 Å². The SMILES string of the molecule is CC#CN(CCCOC#CCNc1cc(C(=O)OC)ccc1OC)C(=O)Cc1cccc(OC)c1. The Kier molecular flexibility index (Phi) is 11.4. The van der Waals surface area contributed by atoms with Crippen molar-refractivity contribution in [3.8, 4) is 35.5 Å². The lowest BCUT2D eigenvalue weighted by Gasteiger charge is -2.15. The number of amides is 1. The smallest absolute Gasteiger partial charge is 0.337 e. The number of hydrogen-bond acceptors (Lipinski definition) is 7. The van der Waals surface area contributed by atoms with Crippen molar-refractivity contribution in [3.05, 3.63) is 53.6 Å². The number of methoxy groups -OCH3 is 3. The Labute approximate surface area is 206 Å². The normalized spacial score (nSPS) is 9.49. The third kappa shape index (κ3) is 8.87. The molecule has 0 atom stereocenters. The minimum atomic E-state index is -0.436. The summed E-state index contributed by atoms with van der Waals surface area (Å²) in [5.41, 5.74) is 1.88. The van der Waals surface area contributed by atoms with E-state index in [1.54, 1.807) is 39.3 Å². The Morgan fingerprint density at radius 3 is 2.60 bits per heavy atom. The molecule has 2 rings (SSSR count). The van der Waals surface area contributed by atoms with Gasteiger partial charge in [-0.3, -0.25) is 9.69 Å². The molecule has 0 fully saturated rings. The van der Waals surface area contributed by atoms with Gasteiger partial charge in [0, 0.05) is 19.0 Å². The summed E-state index contributed by atoms with van der Waals surface area (Å²) in [5.74, 6) is 6.39. The zero-order chi connectivity index (χ0) is 25.5. The number of benzene rings is 2. The van der Waals surface area contributed by atoms with Gasteiger partial charge in [0.2, 0.25) is 5.91 Å². The summed E-state index contributed by atoms with van der Waals surface area (Å²) >= 11 is 0. The van der Waals surface area contributed by atoms with E-state index in [0.717, 1.165) is 5.56 Å². The summed E-state index contributed by atoms with van der Waals surface area (Å²) in [6.07, 6.45) is 3.44. The highest BCUT2D eigenvalue weighted by Crippen LogP contribution is 2.25. The van der Waals surface area contributed by atoms with Crippen LogP contribution in [0.25, 0.3) is 0 Å². The largest absolute Gasteiger partial charge is 0.497 e. The molecule has 0 aliphatic heterocycles. The molecule has 0 bridgehead atoms. The molecular weight excluding hydrogens is 448 g/mol. The topological polar surface area (TPSA) is 86.3 Å². The fraction of sp³-hybridized carbons (Fsp3) is 0.333. The lowest BCUT2D eigenvalue weighted by atomic mass is 10.1. The lowest BCUT2D eigenvalue weighted by molar-refractivity contribution is -0.127. The molecule has 0 saturated heterocycles. The Hall–Kier alpha value is -4.30. The van der Waals surface area contributed by atoms with Gasteiger partial charge in [0.15, 0.2) is 0 Å². The van der Waals surface area contributed by atoms with Gasteiger partial charge < -0.3 is 24.3 Å². The number of carbonyl (C=O) groups excluding carboxylic acids is 2. The van der Waals surface area contributed by atoms with Gasteiger partial charge in [-0.2, -0.15) is 0 Å². The monoisotopic (exact) mass is 478 g/mol. The van der Waals surface area contributed by atoms with Crippen molar-refractivity contribution >= 4 is 17.6 Å². The van der Waals surface area contributed by atoms with E-state index in [9.17, 15) is 9.59 Å². The Bertz CT molecular complexity index is 1120. The number of nitrogens with one attached hydrogen (secondary N) is 1. The first-order chi connectivity index (χ1) is 17.0. The van der Waals surface area contributed by atoms with Crippen LogP contribution in [0, 0.1) is 24.0 Å². The van der Waals surface area contributed by atoms with Crippen LogP contribution in [0.1, 0.15) is 29.3 Å². The summed E-state index contributed by atoms with van der Waals surface area (Å²) in [5, 5.41) is 3.09. The van der Waals surface area contributed by atoms with E-state index < -0.39 is 5.97 Å². The molecule has 0 saturated carbocycles. The van der Waals surface area contributed by atoms with Crippen LogP contribution in [0.15, 0.2) is 42.5 Å². The zero-order valence-electron chi connectivity index (χ0n) is 20.5. The highest BCUT2D eigenvalue weighted by atomic mass is 16.5. The van der Waals surface area contributed by atoms with Crippen LogP contribution in [-0.4, -0.2) is 57.8 Å². The van der Waals surface area contributed by atoms with Crippen LogP contribution in [0.2, 0.25) is 0 Å². The van der Waals surface area contributed by atoms with Crippen molar-refractivity contribution in [2.24, 2.45) is 0 Å². The molecule has 2 aromatic carbocycles. The van der Waals surface area contributed by atoms with Gasteiger partial charge in [0.25, 0.3) is 0 Å². The minimum absolute atomic E-state index is 0.0916. The minimum Gasteiger partial charge on any atom is -0.497 e. The van der Waals surface area contributed by atoms with Gasteiger partial charge in [-0.15, -0.1) is 0 Å². The van der Waals surface area contributed by atoms with Crippen LogP contribution in [-0.2, 0) is 20.7 Å². The first-order valence-electron chi connectivity index (χ1n) is 11.0. The number of anilines is 1. The van der Waals surface area contributed by atoms with Crippen LogP contribution in [0.3, 0.4) is 0 Å². The molecule has 1 amide bonds. The molecule has 8 nitrogen and oxygen atoms in total. The van der Waals surface area contributed by atoms with E-state index in [1.807, 2.05) is 24.3 Å². The second-order valence-corrected chi connectivity index (χ2v) is 7.18. The van der Waals surface area contributed by atoms with Crippen molar-refractivity contribution in [3.63, 3.8) is 0 Å². The summed E-state index contributed by atoms with van der Waals surface area (Å²) in [7, 11) is 4.46. The average Bonchev–Trinajstić information content (AvgIpc) is 2.88. The predicted molar refractivity (Wildman–Crippen MR) is 133 cm³/mol. The maximum atomic E-state index is 12.6. The van der Waals surface area contributed by atoms with Crippen molar-refractivity contribution in [2.75, 3.05) is 46.3 Å². The molecule has 0 radical (unpaired) electrons. The second kappa shape index (κ2) is 14.8. The molecule has 0 heterocycles. The number of rotatable bonds is 11. The van der Waals surface area contributed by atoms with E-state index >= 15 is 0 Å². The van der Waals surface area contributed by atoms with E-state index in [1.165, 1.54) is 12.0 Å². The number of esters is 1. The first kappa shape index (κ1) is 26.9. The van der Waals surface area contributed by atoms with Crippen LogP contribution >= 0.6 is 0 Å². The van der Waals surface area contributed by atoms with Gasteiger partial charge in [0.05, 0.1) is 45.5 Å². The van der Waals surface area contributed by atoms with Crippen LogP contribution < -0.4 is 14.8 Å². The van der Waals surface area contributed by atoms with Crippen LogP contribution in [0.4, 0.5) is 5.69 Å². The van der Waals surface area contributed by atoms with E-state index in [4.69, 9.17) is 18.9 Å². The molecule has 1 N–H and O–H groups in total. The Morgan fingerprint density at radius 2 is 1.89 bits per heavy atom. The van der Waals surface area contributed by atoms with E-state index in [-0.39, 0.29) is 18.9 Å². The van der Waals surface area contributed by atoms with Gasteiger partial charge in [-0.25, -0.2) is 4.79 Å². The van der Waals surface area contributed by atoms with Crippen LogP contribution in [0.5, 0.6) is 11.5 Å². The van der Waals surface area contributed by atoms with Crippen molar-refractivity contribution in [1.29, 1.82) is 0 Å². The number of nitrogens with zero attached hydrogens (tertiary/aromatic N) is 1. The van der Waals surface area contributed by atoms with Gasteiger partial charge >= 0.3 is 5.97 Å². The Balaban J connectivity index is 1.79. The van der Waals surface area contributed by atoms with E-state index in [2.05, 4.69) is 29.3 Å². The third-order valence-electron chi connectivity index (χ3n) is 4.80. The molecular formula is C27H30N2O6. The standard InChI is InChI=1S/C27H30N2O6/c1-5-14-29(26(30)19-21-9-6-10-23(18-21)32-2)15-8-17-35-16-7-13-28-24-20-22(27(31)34-4)11-12-25(24)33-3/h6,9-12,18,20,28H,8,13,15,17,19H2,1-4H3. The number of ether oxygens (including phenoxy) is 4. The molecule has 0 aliphatic rings. The maximum absolute atomic E-state index is 12.6. The maximum Gasteiger partial charge on any atom is 0.337 e. The summed E-state index contributed by atoms with van der Waals surface area (Å²) in [4.78, 5) is 25.9. The quantitative estimate of drug-likeness (QED) is 0.229. The summed E-state index contributed by atoms with van der Waals surface area (Å²) in [6.45, 7) is 2.76. The highest BCUT2D eigenvalue weighted by Gasteiger charge is 2.13. The van der Waals surface area contributed by atoms with Crippen molar-refractivity contribution in [1.82, 2.24) is 4.90 Å². The molecule has 0 aromatic heterocycles. The fourth-order valence-corrected chi connectivity index (χ4v) is 3.09. The first-order valence-corrected chi connectivity index (χ1v) is 11.0. The average molecular weight is 479 g/mol. The van der Waals surface area contributed by atoms with E-state index in [0.29, 0.717) is 42.3 Å². The molecule has 0 spiro atoms. The molecule has 2 aromatic rings. The number of hydrogen-bond donors (Lipinski definition) is 1. The third-order valence-corrected chi connectivity index (χ3v) is 4.80. The molecule has 184 valence electrons. The summed E-state index contributed by atoms with van der Waals surface area (Å²) in [6, 6.07) is 15.2. The highest BCUT2D eigenvalue weighted by molar-refractivity contribution is 5.91. The van der Waals surface area contributed by atoms with Gasteiger partial charge in [0.1, 0.15) is 24.2 Å². The predicted octanol–water partition coefficient (Wildman–Crippen LogP) is 3.32. The second-order valence-electron chi connectivity index (χ2n) is 7.18. The Morgan fingerprint density at radius 1 is 1.06 bits per heavy atom. The molecule has 0 aliphatic carbocycles.